The van der Waals surface area contributed by atoms with Crippen LogP contribution >= 0.6 is 66.4 Å². The van der Waals surface area contributed by atoms with Gasteiger partial charge in [-0.3, -0.25) is 0 Å². The fraction of sp³-hybridized carbons (Fsp3) is 0.167. The van der Waals surface area contributed by atoms with Gasteiger partial charge in [0.15, 0.2) is 0 Å². The largest absolute Gasteiger partial charge is 0.482 e. The highest BCUT2D eigenvalue weighted by molar-refractivity contribution is 9.11. The molecule has 0 saturated carbocycles. The fourth-order valence-electron chi connectivity index (χ4n) is 1.47. The first-order valence-corrected chi connectivity index (χ1v) is 8.43. The molecule has 1 heterocycles. The molecule has 2 nitrogen and oxygen atoms in total. The molecule has 0 fully saturated rings. The number of benzene rings is 1. The lowest BCUT2D eigenvalue weighted by molar-refractivity contribution is 0.218. The Kier molecular flexibility index (Phi) is 5.57. The van der Waals surface area contributed by atoms with Gasteiger partial charge in [-0.2, -0.15) is 0 Å². The lowest BCUT2D eigenvalue weighted by Gasteiger charge is -2.17. The molecule has 1 aromatic carbocycles. The molecule has 1 unspecified atom stereocenters. The SMILES string of the molecule is NCC(Oc1cc(Cl)c(Br)cc1Cl)c1ccc(Br)s1. The molecule has 1 atom stereocenters. The molecule has 102 valence electrons. The number of thiophene rings is 1. The Labute approximate surface area is 142 Å². The third-order valence-electron chi connectivity index (χ3n) is 2.37. The van der Waals surface area contributed by atoms with E-state index >= 15 is 0 Å². The normalized spacial score (nSPS) is 12.5. The first-order chi connectivity index (χ1) is 9.01. The van der Waals surface area contributed by atoms with Crippen LogP contribution in [0, 0.1) is 0 Å². The summed E-state index contributed by atoms with van der Waals surface area (Å²) in [6.07, 6.45) is -0.244. The zero-order chi connectivity index (χ0) is 14.0. The molecule has 1 aromatic heterocycles. The van der Waals surface area contributed by atoms with Crippen LogP contribution in [0.15, 0.2) is 32.5 Å². The summed E-state index contributed by atoms with van der Waals surface area (Å²) in [6, 6.07) is 7.32. The Morgan fingerprint density at radius 3 is 2.53 bits per heavy atom. The minimum absolute atomic E-state index is 0.244. The predicted molar refractivity (Wildman–Crippen MR) is 88.6 cm³/mol. The van der Waals surface area contributed by atoms with Crippen molar-refractivity contribution in [3.63, 3.8) is 0 Å². The molecule has 0 radical (unpaired) electrons. The summed E-state index contributed by atoms with van der Waals surface area (Å²) in [5.74, 6) is 0.523. The monoisotopic (exact) mass is 443 g/mol. The molecule has 2 rings (SSSR count). The lowest BCUT2D eigenvalue weighted by Crippen LogP contribution is -2.17. The van der Waals surface area contributed by atoms with E-state index in [1.807, 2.05) is 12.1 Å². The summed E-state index contributed by atoms with van der Waals surface area (Å²) in [7, 11) is 0. The van der Waals surface area contributed by atoms with E-state index in [0.717, 1.165) is 13.1 Å². The first kappa shape index (κ1) is 15.6. The van der Waals surface area contributed by atoms with E-state index in [1.54, 1.807) is 23.5 Å². The lowest BCUT2D eigenvalue weighted by atomic mass is 10.3. The average molecular weight is 446 g/mol. The van der Waals surface area contributed by atoms with Gasteiger partial charge in [-0.05, 0) is 50.1 Å². The molecule has 0 aliphatic carbocycles. The van der Waals surface area contributed by atoms with Crippen molar-refractivity contribution in [2.45, 2.75) is 6.10 Å². The maximum atomic E-state index is 6.13. The van der Waals surface area contributed by atoms with Gasteiger partial charge in [0.2, 0.25) is 0 Å². The second-order valence-corrected chi connectivity index (χ2v) is 7.84. The minimum atomic E-state index is -0.244. The van der Waals surface area contributed by atoms with E-state index in [4.69, 9.17) is 33.7 Å². The van der Waals surface area contributed by atoms with E-state index in [2.05, 4.69) is 31.9 Å². The molecule has 0 aliphatic heterocycles. The number of nitrogens with two attached hydrogens (primary N) is 1. The zero-order valence-electron chi connectivity index (χ0n) is 9.50. The van der Waals surface area contributed by atoms with Gasteiger partial charge in [0.05, 0.1) is 13.8 Å². The van der Waals surface area contributed by atoms with Crippen molar-refractivity contribution in [2.24, 2.45) is 5.73 Å². The number of ether oxygens (including phenoxy) is 1. The van der Waals surface area contributed by atoms with Gasteiger partial charge >= 0.3 is 0 Å². The molecule has 19 heavy (non-hydrogen) atoms. The summed E-state index contributed by atoms with van der Waals surface area (Å²) >= 11 is 20.5. The van der Waals surface area contributed by atoms with Crippen LogP contribution in [0.1, 0.15) is 11.0 Å². The Morgan fingerprint density at radius 1 is 1.21 bits per heavy atom. The third kappa shape index (κ3) is 3.86. The fourth-order valence-corrected chi connectivity index (χ4v) is 3.77. The first-order valence-electron chi connectivity index (χ1n) is 5.27. The van der Waals surface area contributed by atoms with Crippen molar-refractivity contribution in [3.8, 4) is 5.75 Å². The third-order valence-corrected chi connectivity index (χ3v) is 5.58. The van der Waals surface area contributed by atoms with Gasteiger partial charge < -0.3 is 10.5 Å². The highest BCUT2D eigenvalue weighted by Crippen LogP contribution is 2.37. The average Bonchev–Trinajstić information content (AvgIpc) is 2.78. The van der Waals surface area contributed by atoms with Gasteiger partial charge in [0.1, 0.15) is 11.9 Å². The summed E-state index contributed by atoms with van der Waals surface area (Å²) in [6.45, 7) is 0.358. The quantitative estimate of drug-likeness (QED) is 0.616. The van der Waals surface area contributed by atoms with Crippen LogP contribution in [-0.2, 0) is 0 Å². The van der Waals surface area contributed by atoms with Crippen LogP contribution in [0.3, 0.4) is 0 Å². The molecular weight excluding hydrogens is 437 g/mol. The maximum Gasteiger partial charge on any atom is 0.145 e. The van der Waals surface area contributed by atoms with Crippen LogP contribution in [-0.4, -0.2) is 6.54 Å². The van der Waals surface area contributed by atoms with E-state index < -0.39 is 0 Å². The van der Waals surface area contributed by atoms with E-state index in [-0.39, 0.29) is 6.10 Å². The van der Waals surface area contributed by atoms with Crippen LogP contribution in [0.4, 0.5) is 0 Å². The minimum Gasteiger partial charge on any atom is -0.482 e. The van der Waals surface area contributed by atoms with E-state index in [9.17, 15) is 0 Å². The number of halogens is 4. The second kappa shape index (κ2) is 6.78. The standard InChI is InChI=1S/C12H9Br2Cl2NOS/c13-6-3-8(16)9(4-7(6)15)18-10(5-17)11-1-2-12(14)19-11/h1-4,10H,5,17H2. The maximum absolute atomic E-state index is 6.13. The molecule has 2 N–H and O–H groups in total. The summed E-state index contributed by atoms with van der Waals surface area (Å²) in [5, 5.41) is 1.04. The van der Waals surface area contributed by atoms with Crippen molar-refractivity contribution in [2.75, 3.05) is 6.54 Å². The number of hydrogen-bond acceptors (Lipinski definition) is 3. The highest BCUT2D eigenvalue weighted by Gasteiger charge is 2.16. The predicted octanol–water partition coefficient (Wildman–Crippen LogP) is 5.66. The topological polar surface area (TPSA) is 35.2 Å². The molecular formula is C12H9Br2Cl2NOS. The Balaban J connectivity index is 2.26. The van der Waals surface area contributed by atoms with Crippen molar-refractivity contribution < 1.29 is 4.74 Å². The zero-order valence-corrected chi connectivity index (χ0v) is 15.0. The van der Waals surface area contributed by atoms with Crippen LogP contribution in [0.5, 0.6) is 5.75 Å². The van der Waals surface area contributed by atoms with Gasteiger partial charge in [-0.25, -0.2) is 0 Å². The smallest absolute Gasteiger partial charge is 0.145 e. The molecule has 0 spiro atoms. The summed E-state index contributed by atoms with van der Waals surface area (Å²) in [5.41, 5.74) is 5.76. The number of rotatable bonds is 4. The molecule has 0 amide bonds. The Hall–Kier alpha value is 0.220. The van der Waals surface area contributed by atoms with Crippen molar-refractivity contribution in [3.05, 3.63) is 47.4 Å². The number of hydrogen-bond donors (Lipinski definition) is 1. The van der Waals surface area contributed by atoms with E-state index in [0.29, 0.717) is 22.3 Å². The van der Waals surface area contributed by atoms with Crippen molar-refractivity contribution >= 4 is 66.4 Å². The van der Waals surface area contributed by atoms with Crippen molar-refractivity contribution in [1.29, 1.82) is 0 Å². The molecule has 0 saturated heterocycles. The molecule has 7 heteroatoms. The van der Waals surface area contributed by atoms with Crippen molar-refractivity contribution in [1.82, 2.24) is 0 Å². The molecule has 2 aromatic rings. The van der Waals surface area contributed by atoms with Gasteiger partial charge in [-0.1, -0.05) is 23.2 Å². The van der Waals surface area contributed by atoms with Gasteiger partial charge in [0.25, 0.3) is 0 Å². The van der Waals surface area contributed by atoms with Crippen LogP contribution in [0.25, 0.3) is 0 Å². The molecule has 0 bridgehead atoms. The Morgan fingerprint density at radius 2 is 1.95 bits per heavy atom. The highest BCUT2D eigenvalue weighted by atomic mass is 79.9. The second-order valence-electron chi connectivity index (χ2n) is 3.68. The van der Waals surface area contributed by atoms with Gasteiger partial charge in [0, 0.05) is 22.0 Å². The van der Waals surface area contributed by atoms with E-state index in [1.165, 1.54) is 0 Å². The van der Waals surface area contributed by atoms with Crippen LogP contribution in [0.2, 0.25) is 10.0 Å². The summed E-state index contributed by atoms with van der Waals surface area (Å²) in [4.78, 5) is 1.03. The van der Waals surface area contributed by atoms with Crippen LogP contribution < -0.4 is 10.5 Å². The Bertz CT molecular complexity index is 591. The summed E-state index contributed by atoms with van der Waals surface area (Å²) < 4.78 is 7.62. The van der Waals surface area contributed by atoms with Gasteiger partial charge in [-0.15, -0.1) is 11.3 Å². The molecule has 0 aliphatic rings.